The van der Waals surface area contributed by atoms with Gasteiger partial charge in [-0.1, -0.05) is 19.2 Å². The number of likely N-dealkylation sites (N-methyl/N-ethyl adjacent to an activating group) is 1. The van der Waals surface area contributed by atoms with Gasteiger partial charge in [0.15, 0.2) is 0 Å². The highest BCUT2D eigenvalue weighted by atomic mass is 79.9. The van der Waals surface area contributed by atoms with Gasteiger partial charge in [-0.15, -0.1) is 0 Å². The van der Waals surface area contributed by atoms with Crippen molar-refractivity contribution < 1.29 is 0 Å². The maximum absolute atomic E-state index is 4.09. The van der Waals surface area contributed by atoms with Crippen molar-refractivity contribution in [2.45, 2.75) is 19.4 Å². The molecule has 0 radical (unpaired) electrons. The second-order valence-electron chi connectivity index (χ2n) is 4.48. The molecule has 0 saturated heterocycles. The van der Waals surface area contributed by atoms with E-state index in [0.29, 0.717) is 0 Å². The summed E-state index contributed by atoms with van der Waals surface area (Å²) in [7, 11) is 2.10. The van der Waals surface area contributed by atoms with Crippen LogP contribution >= 0.6 is 15.9 Å². The first kappa shape index (κ1) is 13.3. The van der Waals surface area contributed by atoms with Crippen LogP contribution in [0.25, 0.3) is 0 Å². The number of allylic oxidation sites excluding steroid dienone is 3. The Bertz CT molecular complexity index is 353. The minimum absolute atomic E-state index is 0.0124. The lowest BCUT2D eigenvalue weighted by atomic mass is 10.0. The molecular formula is C13H19BrN2. The van der Waals surface area contributed by atoms with E-state index in [1.54, 1.807) is 6.08 Å². The smallest absolute Gasteiger partial charge is 0.0755 e. The van der Waals surface area contributed by atoms with Gasteiger partial charge in [0.05, 0.1) is 6.67 Å². The van der Waals surface area contributed by atoms with Crippen molar-refractivity contribution in [3.63, 3.8) is 0 Å². The van der Waals surface area contributed by atoms with Gasteiger partial charge in [0.2, 0.25) is 0 Å². The maximum atomic E-state index is 4.09. The van der Waals surface area contributed by atoms with Crippen molar-refractivity contribution in [1.29, 1.82) is 0 Å². The summed E-state index contributed by atoms with van der Waals surface area (Å²) in [4.78, 5) is 4.36. The van der Waals surface area contributed by atoms with E-state index in [-0.39, 0.29) is 5.54 Å². The van der Waals surface area contributed by atoms with Gasteiger partial charge in [0, 0.05) is 21.9 Å². The second kappa shape index (κ2) is 5.02. The highest BCUT2D eigenvalue weighted by Gasteiger charge is 2.27. The summed E-state index contributed by atoms with van der Waals surface area (Å²) in [5.41, 5.74) is 0.981. The third kappa shape index (κ3) is 2.86. The Hall–Kier alpha value is -0.800. The van der Waals surface area contributed by atoms with Gasteiger partial charge in [-0.25, -0.2) is 0 Å². The second-order valence-corrected chi connectivity index (χ2v) is 5.33. The summed E-state index contributed by atoms with van der Waals surface area (Å²) in [5.74, 6) is 0. The summed E-state index contributed by atoms with van der Waals surface area (Å²) in [5, 5.41) is 0. The molecule has 0 aromatic rings. The van der Waals surface area contributed by atoms with E-state index < -0.39 is 0 Å². The average molecular weight is 283 g/mol. The summed E-state index contributed by atoms with van der Waals surface area (Å²) in [6.07, 6.45) is 7.85. The lowest BCUT2D eigenvalue weighted by molar-refractivity contribution is 0.154. The van der Waals surface area contributed by atoms with E-state index in [4.69, 9.17) is 0 Å². The molecule has 0 fully saturated rings. The van der Waals surface area contributed by atoms with Crippen molar-refractivity contribution in [3.05, 3.63) is 47.8 Å². The number of hydrogen-bond donors (Lipinski definition) is 0. The Balaban J connectivity index is 3.03. The Morgan fingerprint density at radius 2 is 2.12 bits per heavy atom. The maximum Gasteiger partial charge on any atom is 0.0755 e. The van der Waals surface area contributed by atoms with Crippen LogP contribution in [0.2, 0.25) is 0 Å². The molecule has 0 aliphatic carbocycles. The Morgan fingerprint density at radius 3 is 2.69 bits per heavy atom. The van der Waals surface area contributed by atoms with Crippen molar-refractivity contribution >= 4 is 15.9 Å². The van der Waals surface area contributed by atoms with Crippen LogP contribution < -0.4 is 0 Å². The first-order valence-corrected chi connectivity index (χ1v) is 6.02. The van der Waals surface area contributed by atoms with Crippen molar-refractivity contribution in [3.8, 4) is 0 Å². The van der Waals surface area contributed by atoms with E-state index in [1.807, 2.05) is 12.3 Å². The van der Waals surface area contributed by atoms with Crippen LogP contribution in [0, 0.1) is 0 Å². The van der Waals surface area contributed by atoms with Gasteiger partial charge < -0.3 is 4.90 Å². The quantitative estimate of drug-likeness (QED) is 0.716. The van der Waals surface area contributed by atoms with Crippen LogP contribution in [0.5, 0.6) is 0 Å². The van der Waals surface area contributed by atoms with Gasteiger partial charge in [-0.3, -0.25) is 4.90 Å². The van der Waals surface area contributed by atoms with Crippen LogP contribution in [0.3, 0.4) is 0 Å². The molecule has 1 rings (SSSR count). The molecule has 1 aliphatic rings. The fraction of sp³-hybridized carbons (Fsp3) is 0.385. The average Bonchev–Trinajstić information content (AvgIpc) is 2.27. The lowest BCUT2D eigenvalue weighted by Crippen LogP contribution is -2.42. The number of nitrogens with zero attached hydrogens (tertiary/aromatic N) is 2. The van der Waals surface area contributed by atoms with Crippen LogP contribution in [0.15, 0.2) is 47.8 Å². The molecule has 0 saturated carbocycles. The van der Waals surface area contributed by atoms with E-state index in [0.717, 1.165) is 16.8 Å². The van der Waals surface area contributed by atoms with Crippen molar-refractivity contribution in [1.82, 2.24) is 9.80 Å². The van der Waals surface area contributed by atoms with E-state index in [9.17, 15) is 0 Å². The molecule has 0 unspecified atom stereocenters. The van der Waals surface area contributed by atoms with Gasteiger partial charge >= 0.3 is 0 Å². The Labute approximate surface area is 107 Å². The van der Waals surface area contributed by atoms with E-state index in [1.165, 1.54) is 0 Å². The molecule has 1 heterocycles. The summed E-state index contributed by atoms with van der Waals surface area (Å²) in [6, 6.07) is 0. The lowest BCUT2D eigenvalue weighted by Gasteiger charge is -2.33. The predicted molar refractivity (Wildman–Crippen MR) is 74.0 cm³/mol. The standard InChI is InChI=1S/C13H19BrN2/c1-6-7-8-16-10-15(5)13(3,4)9-12(14)11(16)2/h6-9H,1-2,10H2,3-5H3/b8-7-. The molecule has 1 aliphatic heterocycles. The normalized spacial score (nSPS) is 22.1. The van der Waals surface area contributed by atoms with Crippen LogP contribution in [-0.2, 0) is 0 Å². The van der Waals surface area contributed by atoms with Gasteiger partial charge in [0.25, 0.3) is 0 Å². The molecule has 88 valence electrons. The fourth-order valence-corrected chi connectivity index (χ4v) is 2.23. The Kier molecular flexibility index (Phi) is 4.16. The van der Waals surface area contributed by atoms with Crippen molar-refractivity contribution in [2.75, 3.05) is 13.7 Å². The molecule has 0 spiro atoms. The van der Waals surface area contributed by atoms with E-state index in [2.05, 4.69) is 65.9 Å². The molecule has 0 atom stereocenters. The highest BCUT2D eigenvalue weighted by Crippen LogP contribution is 2.30. The molecule has 2 nitrogen and oxygen atoms in total. The Morgan fingerprint density at radius 1 is 1.50 bits per heavy atom. The molecule has 0 aromatic heterocycles. The zero-order valence-electron chi connectivity index (χ0n) is 10.2. The molecule has 0 amide bonds. The SMILES string of the molecule is C=C/C=C\N1CN(C)C(C)(C)C=C(Br)C1=C. The molecule has 16 heavy (non-hydrogen) atoms. The van der Waals surface area contributed by atoms with Crippen LogP contribution in [-0.4, -0.2) is 29.1 Å². The molecular weight excluding hydrogens is 264 g/mol. The largest absolute Gasteiger partial charge is 0.334 e. The molecule has 3 heteroatoms. The summed E-state index contributed by atoms with van der Waals surface area (Å²) in [6.45, 7) is 12.9. The third-order valence-electron chi connectivity index (χ3n) is 2.85. The first-order chi connectivity index (χ1) is 7.38. The third-order valence-corrected chi connectivity index (χ3v) is 3.54. The number of hydrogen-bond acceptors (Lipinski definition) is 2. The molecule has 0 aromatic carbocycles. The van der Waals surface area contributed by atoms with Gasteiger partial charge in [-0.2, -0.15) is 0 Å². The molecule has 0 bridgehead atoms. The van der Waals surface area contributed by atoms with E-state index >= 15 is 0 Å². The van der Waals surface area contributed by atoms with Gasteiger partial charge in [0.1, 0.15) is 0 Å². The van der Waals surface area contributed by atoms with Crippen LogP contribution in [0.4, 0.5) is 0 Å². The predicted octanol–water partition coefficient (Wildman–Crippen LogP) is 3.46. The minimum atomic E-state index is 0.0124. The highest BCUT2D eigenvalue weighted by molar-refractivity contribution is 9.12. The topological polar surface area (TPSA) is 6.48 Å². The minimum Gasteiger partial charge on any atom is -0.334 e. The van der Waals surface area contributed by atoms with Crippen molar-refractivity contribution in [2.24, 2.45) is 0 Å². The fourth-order valence-electron chi connectivity index (χ4n) is 1.44. The number of rotatable bonds is 2. The van der Waals surface area contributed by atoms with Crippen LogP contribution in [0.1, 0.15) is 13.8 Å². The monoisotopic (exact) mass is 282 g/mol. The summed E-state index contributed by atoms with van der Waals surface area (Å²) < 4.78 is 1.04. The van der Waals surface area contributed by atoms with Gasteiger partial charge in [-0.05, 0) is 49.0 Å². The zero-order valence-corrected chi connectivity index (χ0v) is 11.8. The summed E-state index contributed by atoms with van der Waals surface area (Å²) >= 11 is 3.57. The molecule has 0 N–H and O–H groups in total. The first-order valence-electron chi connectivity index (χ1n) is 5.23. The number of halogens is 1. The zero-order chi connectivity index (χ0) is 12.3.